The average Bonchev–Trinajstić information content (AvgIpc) is 3.15. The van der Waals surface area contributed by atoms with Crippen LogP contribution in [-0.4, -0.2) is 56.7 Å². The number of carbonyl (C=O) groups excluding carboxylic acids is 1. The van der Waals surface area contributed by atoms with Gasteiger partial charge >= 0.3 is 29.6 Å². The molecule has 0 unspecified atom stereocenters. The molecule has 4 rings (SSSR count). The van der Waals surface area contributed by atoms with Crippen molar-refractivity contribution < 1.29 is 56.8 Å². The summed E-state index contributed by atoms with van der Waals surface area (Å²) in [6.45, 7) is 2.57. The zero-order chi connectivity index (χ0) is 19.7. The summed E-state index contributed by atoms with van der Waals surface area (Å²) in [6, 6.07) is 11.7. The molecule has 11 heteroatoms. The summed E-state index contributed by atoms with van der Waals surface area (Å²) in [7, 11) is -4.54. The molecule has 2 aromatic carbocycles. The van der Waals surface area contributed by atoms with Gasteiger partial charge in [0.05, 0.1) is 0 Å². The van der Waals surface area contributed by atoms with Gasteiger partial charge in [-0.3, -0.25) is 9.52 Å². The van der Waals surface area contributed by atoms with Crippen LogP contribution in [0.15, 0.2) is 42.5 Å². The third-order valence-electron chi connectivity index (χ3n) is 4.66. The van der Waals surface area contributed by atoms with Crippen LogP contribution in [-0.2, 0) is 10.3 Å². The summed E-state index contributed by atoms with van der Waals surface area (Å²) in [6.07, 6.45) is 0. The fraction of sp³-hybridized carbons (Fsp3) is 0.278. The van der Waals surface area contributed by atoms with Crippen molar-refractivity contribution >= 4 is 27.6 Å². The van der Waals surface area contributed by atoms with E-state index in [0.717, 1.165) is 5.69 Å². The fourth-order valence-corrected chi connectivity index (χ4v) is 3.69. The third kappa shape index (κ3) is 5.14. The first-order chi connectivity index (χ1) is 13.4. The van der Waals surface area contributed by atoms with Crippen LogP contribution in [0.25, 0.3) is 0 Å². The largest absolute Gasteiger partial charge is 1.00 e. The SMILES string of the molecule is O=C(c1ccc2c(c1)OCO2)N1CCN(c2ccc(NS(=O)(=O)[O-])cc2)CC1.[Na+]. The molecule has 9 nitrogen and oxygen atoms in total. The van der Waals surface area contributed by atoms with E-state index in [0.29, 0.717) is 43.2 Å². The molecule has 2 aliphatic heterocycles. The molecule has 1 N–H and O–H groups in total. The Morgan fingerprint density at radius 2 is 1.62 bits per heavy atom. The normalized spacial score (nSPS) is 15.6. The number of fused-ring (bicyclic) bond motifs is 1. The second-order valence-electron chi connectivity index (χ2n) is 6.45. The Bertz CT molecular complexity index is 991. The van der Waals surface area contributed by atoms with Crippen molar-refractivity contribution in [2.45, 2.75) is 0 Å². The second-order valence-corrected chi connectivity index (χ2v) is 7.56. The van der Waals surface area contributed by atoms with Crippen molar-refractivity contribution in [1.29, 1.82) is 0 Å². The van der Waals surface area contributed by atoms with Crippen molar-refractivity contribution in [3.63, 3.8) is 0 Å². The molecule has 2 heterocycles. The number of rotatable bonds is 4. The first-order valence-corrected chi connectivity index (χ1v) is 10.1. The Labute approximate surface area is 190 Å². The molecule has 2 aliphatic rings. The Hall–Kier alpha value is -1.98. The maximum atomic E-state index is 12.7. The number of benzene rings is 2. The van der Waals surface area contributed by atoms with E-state index in [-0.39, 0.29) is 47.9 Å². The zero-order valence-electron chi connectivity index (χ0n) is 15.8. The monoisotopic (exact) mass is 427 g/mol. The van der Waals surface area contributed by atoms with Gasteiger partial charge in [-0.15, -0.1) is 0 Å². The fourth-order valence-electron chi connectivity index (χ4n) is 3.26. The molecule has 148 valence electrons. The van der Waals surface area contributed by atoms with E-state index in [1.165, 1.54) is 12.1 Å². The van der Waals surface area contributed by atoms with Crippen LogP contribution in [0.2, 0.25) is 0 Å². The van der Waals surface area contributed by atoms with Crippen molar-refractivity contribution in [3.8, 4) is 11.5 Å². The summed E-state index contributed by atoms with van der Waals surface area (Å²) in [5.74, 6) is 1.17. The van der Waals surface area contributed by atoms with E-state index in [4.69, 9.17) is 9.47 Å². The summed E-state index contributed by atoms with van der Waals surface area (Å²) in [5, 5.41) is 0. The number of hydrogen-bond donors (Lipinski definition) is 1. The Morgan fingerprint density at radius 3 is 2.28 bits per heavy atom. The van der Waals surface area contributed by atoms with Crippen molar-refractivity contribution in [3.05, 3.63) is 48.0 Å². The maximum absolute atomic E-state index is 12.7. The van der Waals surface area contributed by atoms with Crippen LogP contribution in [0.5, 0.6) is 11.5 Å². The maximum Gasteiger partial charge on any atom is 1.00 e. The Balaban J connectivity index is 0.00000240. The number of amides is 1. The smallest absolute Gasteiger partial charge is 0.731 e. The summed E-state index contributed by atoms with van der Waals surface area (Å²) in [4.78, 5) is 16.6. The van der Waals surface area contributed by atoms with E-state index in [1.807, 2.05) is 4.72 Å². The average molecular weight is 427 g/mol. The number of nitrogens with one attached hydrogen (secondary N) is 1. The number of ether oxygens (including phenoxy) is 2. The van der Waals surface area contributed by atoms with Crippen LogP contribution < -0.4 is 48.7 Å². The van der Waals surface area contributed by atoms with Gasteiger partial charge < -0.3 is 23.8 Å². The van der Waals surface area contributed by atoms with Gasteiger partial charge in [0.2, 0.25) is 6.79 Å². The van der Waals surface area contributed by atoms with E-state index in [9.17, 15) is 17.8 Å². The van der Waals surface area contributed by atoms with Gasteiger partial charge in [-0.25, -0.2) is 8.42 Å². The minimum atomic E-state index is -4.54. The molecule has 0 bridgehead atoms. The number of nitrogens with zero attached hydrogens (tertiary/aromatic N) is 2. The molecule has 1 saturated heterocycles. The molecule has 0 atom stereocenters. The molecule has 29 heavy (non-hydrogen) atoms. The number of hydrogen-bond acceptors (Lipinski definition) is 7. The van der Waals surface area contributed by atoms with Crippen molar-refractivity contribution in [1.82, 2.24) is 4.90 Å². The van der Waals surface area contributed by atoms with Gasteiger partial charge in [0.1, 0.15) is 0 Å². The topological polar surface area (TPSA) is 111 Å². The van der Waals surface area contributed by atoms with E-state index in [1.54, 1.807) is 35.2 Å². The van der Waals surface area contributed by atoms with Crippen LogP contribution in [0, 0.1) is 0 Å². The van der Waals surface area contributed by atoms with Gasteiger partial charge in [0.15, 0.2) is 21.8 Å². The van der Waals surface area contributed by atoms with E-state index < -0.39 is 10.3 Å². The molecular weight excluding hydrogens is 409 g/mol. The Kier molecular flexibility index (Phi) is 6.59. The van der Waals surface area contributed by atoms with Crippen LogP contribution in [0.1, 0.15) is 10.4 Å². The first kappa shape index (κ1) is 21.7. The van der Waals surface area contributed by atoms with Gasteiger partial charge in [-0.2, -0.15) is 0 Å². The van der Waals surface area contributed by atoms with Crippen LogP contribution in [0.3, 0.4) is 0 Å². The summed E-state index contributed by atoms with van der Waals surface area (Å²) >= 11 is 0. The summed E-state index contributed by atoms with van der Waals surface area (Å²) < 4.78 is 44.7. The van der Waals surface area contributed by atoms with Gasteiger partial charge in [-0.05, 0) is 42.5 Å². The van der Waals surface area contributed by atoms with Crippen molar-refractivity contribution in [2.24, 2.45) is 0 Å². The second kappa shape index (κ2) is 8.80. The quantitative estimate of drug-likeness (QED) is 0.455. The molecule has 0 aliphatic carbocycles. The van der Waals surface area contributed by atoms with Gasteiger partial charge in [0.25, 0.3) is 5.91 Å². The number of anilines is 2. The molecule has 2 aromatic rings. The number of carbonyl (C=O) groups is 1. The predicted octanol–water partition coefficient (Wildman–Crippen LogP) is -1.75. The van der Waals surface area contributed by atoms with Crippen molar-refractivity contribution in [2.75, 3.05) is 42.6 Å². The number of piperazine rings is 1. The van der Waals surface area contributed by atoms with Gasteiger partial charge in [-0.1, -0.05) is 0 Å². The minimum Gasteiger partial charge on any atom is -0.731 e. The molecule has 0 aromatic heterocycles. The van der Waals surface area contributed by atoms with E-state index in [2.05, 4.69) is 4.90 Å². The van der Waals surface area contributed by atoms with Crippen LogP contribution in [0.4, 0.5) is 11.4 Å². The molecule has 0 saturated carbocycles. The zero-order valence-corrected chi connectivity index (χ0v) is 18.6. The molecule has 1 amide bonds. The predicted molar refractivity (Wildman–Crippen MR) is 100 cm³/mol. The minimum absolute atomic E-state index is 0. The molecular formula is C18H18N3NaO6S. The van der Waals surface area contributed by atoms with E-state index >= 15 is 0 Å². The third-order valence-corrected chi connectivity index (χ3v) is 5.15. The molecule has 0 spiro atoms. The molecule has 1 fully saturated rings. The van der Waals surface area contributed by atoms with Crippen LogP contribution >= 0.6 is 0 Å². The standard InChI is InChI=1S/C18H19N3O6S.Na/c22-18(13-1-6-16-17(11-13)27-12-26-16)21-9-7-20(8-10-21)15-4-2-14(3-5-15)19-28(23,24)25;/h1-6,11,19H,7-10,12H2,(H,23,24,25);/q;+1/p-1. The Morgan fingerprint density at radius 1 is 0.966 bits per heavy atom. The first-order valence-electron chi connectivity index (χ1n) is 8.67. The van der Waals surface area contributed by atoms with Gasteiger partial charge in [0, 0.05) is 43.1 Å². The summed E-state index contributed by atoms with van der Waals surface area (Å²) in [5.41, 5.74) is 1.67. The molecule has 0 radical (unpaired) electrons.